The zero-order valence-corrected chi connectivity index (χ0v) is 8.23. The molecule has 0 aliphatic carbocycles. The Morgan fingerprint density at radius 1 is 1.44 bits per heavy atom. The van der Waals surface area contributed by atoms with Gasteiger partial charge < -0.3 is 0 Å². The summed E-state index contributed by atoms with van der Waals surface area (Å²) in [7, 11) is 0. The molecule has 0 spiro atoms. The number of aromatic amines is 1. The minimum Gasteiger partial charge on any atom is -0.262 e. The minimum absolute atomic E-state index is 0.418. The number of alkyl halides is 3. The summed E-state index contributed by atoms with van der Waals surface area (Å²) in [6.45, 7) is 1.67. The van der Waals surface area contributed by atoms with Crippen molar-refractivity contribution < 1.29 is 13.2 Å². The molecule has 0 amide bonds. The third kappa shape index (κ3) is 1.90. The second-order valence-corrected chi connectivity index (χ2v) is 3.23. The molecule has 1 unspecified atom stereocenters. The van der Waals surface area contributed by atoms with Gasteiger partial charge in [0.15, 0.2) is 5.69 Å². The van der Waals surface area contributed by atoms with Crippen molar-refractivity contribution in [1.82, 2.24) is 25.0 Å². The van der Waals surface area contributed by atoms with Gasteiger partial charge in [-0.15, -0.1) is 0 Å². The molecule has 1 N–H and O–H groups in total. The Hall–Kier alpha value is -1.86. The molecule has 0 radical (unpaired) electrons. The van der Waals surface area contributed by atoms with Crippen molar-refractivity contribution in [2.75, 3.05) is 0 Å². The Morgan fingerprint density at radius 3 is 2.69 bits per heavy atom. The van der Waals surface area contributed by atoms with E-state index in [1.807, 2.05) is 0 Å². The Kier molecular flexibility index (Phi) is 2.41. The molecule has 16 heavy (non-hydrogen) atoms. The molecule has 2 rings (SSSR count). The number of rotatable bonds is 2. The van der Waals surface area contributed by atoms with Gasteiger partial charge >= 0.3 is 6.18 Å². The maximum atomic E-state index is 12.3. The molecule has 0 bridgehead atoms. The van der Waals surface area contributed by atoms with Gasteiger partial charge in [-0.25, -0.2) is 4.98 Å². The first-order chi connectivity index (χ1) is 7.48. The van der Waals surface area contributed by atoms with Crippen molar-refractivity contribution in [3.63, 3.8) is 0 Å². The smallest absolute Gasteiger partial charge is 0.262 e. The molecule has 5 nitrogen and oxygen atoms in total. The lowest BCUT2D eigenvalue weighted by Crippen LogP contribution is -2.12. The van der Waals surface area contributed by atoms with Crippen LogP contribution in [0, 0.1) is 0 Å². The van der Waals surface area contributed by atoms with E-state index >= 15 is 0 Å². The Bertz CT molecular complexity index is 458. The van der Waals surface area contributed by atoms with Crippen molar-refractivity contribution in [3.8, 4) is 0 Å². The maximum absolute atomic E-state index is 12.3. The number of hydrogen-bond donors (Lipinski definition) is 1. The van der Waals surface area contributed by atoms with E-state index in [0.717, 1.165) is 6.07 Å². The molecule has 0 aliphatic rings. The number of nitrogens with zero attached hydrogens (tertiary/aromatic N) is 4. The third-order valence-corrected chi connectivity index (χ3v) is 2.12. The first-order valence-electron chi connectivity index (χ1n) is 4.46. The number of aromatic nitrogens is 5. The van der Waals surface area contributed by atoms with Crippen molar-refractivity contribution in [2.45, 2.75) is 19.1 Å². The summed E-state index contributed by atoms with van der Waals surface area (Å²) in [4.78, 5) is 3.86. The van der Waals surface area contributed by atoms with Gasteiger partial charge in [-0.3, -0.25) is 9.78 Å². The average Bonchev–Trinajstić information content (AvgIpc) is 2.87. The molecule has 0 saturated heterocycles. The summed E-state index contributed by atoms with van der Waals surface area (Å²) in [6, 6.07) is 0.506. The van der Waals surface area contributed by atoms with Crippen LogP contribution in [-0.2, 0) is 6.18 Å². The Labute approximate surface area is 88.3 Å². The zero-order valence-electron chi connectivity index (χ0n) is 8.23. The van der Waals surface area contributed by atoms with E-state index in [9.17, 15) is 13.2 Å². The first kappa shape index (κ1) is 10.7. The SMILES string of the molecule is CC(c1ncn[nH]1)n1ccc(C(F)(F)F)n1. The van der Waals surface area contributed by atoms with Gasteiger partial charge in [0.1, 0.15) is 18.2 Å². The highest BCUT2D eigenvalue weighted by Gasteiger charge is 2.34. The van der Waals surface area contributed by atoms with E-state index in [1.54, 1.807) is 6.92 Å². The lowest BCUT2D eigenvalue weighted by Gasteiger charge is -2.08. The van der Waals surface area contributed by atoms with Gasteiger partial charge in [0.05, 0.1) is 0 Å². The van der Waals surface area contributed by atoms with Gasteiger partial charge in [0, 0.05) is 6.20 Å². The normalized spacial score (nSPS) is 14.0. The highest BCUT2D eigenvalue weighted by Crippen LogP contribution is 2.28. The van der Waals surface area contributed by atoms with Crippen LogP contribution in [0.2, 0.25) is 0 Å². The van der Waals surface area contributed by atoms with Gasteiger partial charge in [-0.2, -0.15) is 23.4 Å². The molecule has 0 aromatic carbocycles. The van der Waals surface area contributed by atoms with Crippen LogP contribution in [0.5, 0.6) is 0 Å². The molecule has 0 aliphatic heterocycles. The maximum Gasteiger partial charge on any atom is 0.435 e. The third-order valence-electron chi connectivity index (χ3n) is 2.12. The van der Waals surface area contributed by atoms with Gasteiger partial charge in [-0.1, -0.05) is 0 Å². The van der Waals surface area contributed by atoms with Crippen molar-refractivity contribution in [1.29, 1.82) is 0 Å². The van der Waals surface area contributed by atoms with Crippen molar-refractivity contribution >= 4 is 0 Å². The van der Waals surface area contributed by atoms with E-state index in [0.29, 0.717) is 5.82 Å². The molecule has 0 fully saturated rings. The van der Waals surface area contributed by atoms with Gasteiger partial charge in [-0.05, 0) is 13.0 Å². The summed E-state index contributed by atoms with van der Waals surface area (Å²) in [5, 5.41) is 9.65. The Morgan fingerprint density at radius 2 is 2.19 bits per heavy atom. The predicted octanol–water partition coefficient (Wildman–Crippen LogP) is 1.63. The molecule has 1 atom stereocenters. The van der Waals surface area contributed by atoms with Crippen molar-refractivity contribution in [3.05, 3.63) is 30.1 Å². The molecule has 8 heteroatoms. The topological polar surface area (TPSA) is 59.4 Å². The van der Waals surface area contributed by atoms with Gasteiger partial charge in [0.2, 0.25) is 0 Å². The van der Waals surface area contributed by atoms with Crippen LogP contribution in [0.4, 0.5) is 13.2 Å². The lowest BCUT2D eigenvalue weighted by atomic mass is 10.3. The quantitative estimate of drug-likeness (QED) is 0.854. The molecular weight excluding hydrogens is 223 g/mol. The van der Waals surface area contributed by atoms with E-state index in [4.69, 9.17) is 0 Å². The second kappa shape index (κ2) is 3.62. The average molecular weight is 231 g/mol. The second-order valence-electron chi connectivity index (χ2n) is 3.23. The van der Waals surface area contributed by atoms with E-state index < -0.39 is 17.9 Å². The summed E-state index contributed by atoms with van der Waals surface area (Å²) in [5.41, 5.74) is -0.918. The Balaban J connectivity index is 2.26. The van der Waals surface area contributed by atoms with Crippen molar-refractivity contribution in [2.24, 2.45) is 0 Å². The summed E-state index contributed by atoms with van der Waals surface area (Å²) in [6.07, 6.45) is -1.87. The number of nitrogens with one attached hydrogen (secondary N) is 1. The molecular formula is C8H8F3N5. The fourth-order valence-corrected chi connectivity index (χ4v) is 1.25. The zero-order chi connectivity index (χ0) is 11.8. The van der Waals surface area contributed by atoms with Crippen LogP contribution in [0.25, 0.3) is 0 Å². The lowest BCUT2D eigenvalue weighted by molar-refractivity contribution is -0.141. The fourth-order valence-electron chi connectivity index (χ4n) is 1.25. The monoisotopic (exact) mass is 231 g/mol. The van der Waals surface area contributed by atoms with E-state index in [-0.39, 0.29) is 0 Å². The first-order valence-corrected chi connectivity index (χ1v) is 4.46. The fraction of sp³-hybridized carbons (Fsp3) is 0.375. The minimum atomic E-state index is -4.42. The van der Waals surface area contributed by atoms with Crippen LogP contribution in [0.1, 0.15) is 24.5 Å². The highest BCUT2D eigenvalue weighted by atomic mass is 19.4. The van der Waals surface area contributed by atoms with Crippen LogP contribution in [0.15, 0.2) is 18.6 Å². The highest BCUT2D eigenvalue weighted by molar-refractivity contribution is 5.05. The predicted molar refractivity (Wildman–Crippen MR) is 47.4 cm³/mol. The van der Waals surface area contributed by atoms with Crippen LogP contribution >= 0.6 is 0 Å². The number of H-pyrrole nitrogens is 1. The van der Waals surface area contributed by atoms with E-state index in [2.05, 4.69) is 20.3 Å². The standard InChI is InChI=1S/C8H8F3N5/c1-5(7-12-4-13-14-7)16-3-2-6(15-16)8(9,10)11/h2-5H,1H3,(H,12,13,14). The molecule has 2 aromatic heterocycles. The van der Waals surface area contributed by atoms with Crippen LogP contribution in [-0.4, -0.2) is 25.0 Å². The van der Waals surface area contributed by atoms with Crippen LogP contribution in [0.3, 0.4) is 0 Å². The summed E-state index contributed by atoms with van der Waals surface area (Å²) < 4.78 is 38.1. The summed E-state index contributed by atoms with van der Waals surface area (Å²) in [5.74, 6) is 0.455. The van der Waals surface area contributed by atoms with E-state index in [1.165, 1.54) is 17.2 Å². The molecule has 2 heterocycles. The number of halogens is 3. The molecule has 0 saturated carbocycles. The summed E-state index contributed by atoms with van der Waals surface area (Å²) >= 11 is 0. The largest absolute Gasteiger partial charge is 0.435 e. The van der Waals surface area contributed by atoms with Crippen LogP contribution < -0.4 is 0 Å². The number of hydrogen-bond acceptors (Lipinski definition) is 3. The molecule has 86 valence electrons. The molecule has 2 aromatic rings. The van der Waals surface area contributed by atoms with Gasteiger partial charge in [0.25, 0.3) is 0 Å².